The van der Waals surface area contributed by atoms with Crippen molar-refractivity contribution in [2.24, 2.45) is 5.73 Å². The minimum absolute atomic E-state index is 0.997. The van der Waals surface area contributed by atoms with E-state index in [1.807, 2.05) is 0 Å². The molecule has 0 aliphatic carbocycles. The van der Waals surface area contributed by atoms with Crippen LogP contribution in [0.4, 0.5) is 0 Å². The maximum absolute atomic E-state index is 5.23. The summed E-state index contributed by atoms with van der Waals surface area (Å²) in [7, 11) is 0. The van der Waals surface area contributed by atoms with Crippen LogP contribution in [0.25, 0.3) is 0 Å². The summed E-state index contributed by atoms with van der Waals surface area (Å²) in [5.41, 5.74) is 6.57. The van der Waals surface area contributed by atoms with E-state index in [9.17, 15) is 0 Å². The first-order valence-corrected chi connectivity index (χ1v) is 2.54. The molecule has 0 radical (unpaired) electrons. The highest BCUT2D eigenvalue weighted by Gasteiger charge is 2.01. The molecule has 7 heavy (non-hydrogen) atoms. The second-order valence-electron chi connectivity index (χ2n) is 1.75. The second-order valence-corrected chi connectivity index (χ2v) is 1.75. The number of hydrogen-bond donors (Lipinski definition) is 2. The standard InChI is InChI=1S/C5H10N2/c6-3-5-1-2-7-4-5/h3,7H,1-2,4,6H2/b5-3+. The number of nitrogens with one attached hydrogen (secondary N) is 1. The number of rotatable bonds is 0. The maximum Gasteiger partial charge on any atom is 0.0182 e. The molecular formula is C5H10N2. The predicted octanol–water partition coefficient (Wildman–Crippen LogP) is -0.178. The largest absolute Gasteiger partial charge is 0.405 e. The Morgan fingerprint density at radius 2 is 2.57 bits per heavy atom. The van der Waals surface area contributed by atoms with E-state index in [1.165, 1.54) is 5.57 Å². The van der Waals surface area contributed by atoms with Crippen molar-refractivity contribution >= 4 is 0 Å². The van der Waals surface area contributed by atoms with Gasteiger partial charge in [-0.3, -0.25) is 0 Å². The van der Waals surface area contributed by atoms with Gasteiger partial charge in [-0.15, -0.1) is 0 Å². The lowest BCUT2D eigenvalue weighted by atomic mass is 10.3. The van der Waals surface area contributed by atoms with Gasteiger partial charge in [0.25, 0.3) is 0 Å². The van der Waals surface area contributed by atoms with E-state index in [-0.39, 0.29) is 0 Å². The zero-order valence-corrected chi connectivity index (χ0v) is 4.28. The summed E-state index contributed by atoms with van der Waals surface area (Å²) in [5.74, 6) is 0. The van der Waals surface area contributed by atoms with Crippen molar-refractivity contribution in [3.8, 4) is 0 Å². The Hall–Kier alpha value is -0.500. The van der Waals surface area contributed by atoms with Crippen LogP contribution in [-0.2, 0) is 0 Å². The van der Waals surface area contributed by atoms with Crippen molar-refractivity contribution in [2.45, 2.75) is 6.42 Å². The summed E-state index contributed by atoms with van der Waals surface area (Å²) in [5, 5.41) is 3.17. The number of hydrogen-bond acceptors (Lipinski definition) is 2. The van der Waals surface area contributed by atoms with Gasteiger partial charge in [-0.1, -0.05) is 0 Å². The van der Waals surface area contributed by atoms with Crippen LogP contribution in [-0.4, -0.2) is 13.1 Å². The molecule has 1 aliphatic rings. The van der Waals surface area contributed by atoms with E-state index in [4.69, 9.17) is 5.73 Å². The molecule has 1 fully saturated rings. The normalized spacial score (nSPS) is 26.6. The fourth-order valence-electron chi connectivity index (χ4n) is 0.729. The van der Waals surface area contributed by atoms with Crippen LogP contribution < -0.4 is 11.1 Å². The highest BCUT2D eigenvalue weighted by molar-refractivity contribution is 5.06. The van der Waals surface area contributed by atoms with Gasteiger partial charge in [0, 0.05) is 6.54 Å². The van der Waals surface area contributed by atoms with E-state index < -0.39 is 0 Å². The Balaban J connectivity index is 2.41. The number of nitrogens with two attached hydrogens (primary N) is 1. The van der Waals surface area contributed by atoms with Crippen molar-refractivity contribution < 1.29 is 0 Å². The minimum Gasteiger partial charge on any atom is -0.405 e. The summed E-state index contributed by atoms with van der Waals surface area (Å²) in [6, 6.07) is 0. The molecule has 1 rings (SSSR count). The van der Waals surface area contributed by atoms with Gasteiger partial charge in [0.15, 0.2) is 0 Å². The van der Waals surface area contributed by atoms with Crippen LogP contribution in [0.3, 0.4) is 0 Å². The Morgan fingerprint density at radius 1 is 1.71 bits per heavy atom. The van der Waals surface area contributed by atoms with E-state index in [2.05, 4.69) is 5.32 Å². The van der Waals surface area contributed by atoms with Crippen molar-refractivity contribution in [2.75, 3.05) is 13.1 Å². The molecule has 0 spiro atoms. The van der Waals surface area contributed by atoms with Gasteiger partial charge in [0.1, 0.15) is 0 Å². The summed E-state index contributed by atoms with van der Waals surface area (Å²) >= 11 is 0. The van der Waals surface area contributed by atoms with Crippen molar-refractivity contribution in [1.82, 2.24) is 5.32 Å². The van der Waals surface area contributed by atoms with Gasteiger partial charge in [0.2, 0.25) is 0 Å². The zero-order valence-electron chi connectivity index (χ0n) is 4.28. The molecule has 0 aromatic carbocycles. The topological polar surface area (TPSA) is 38.0 Å². The summed E-state index contributed by atoms with van der Waals surface area (Å²) in [6.45, 7) is 2.10. The molecule has 40 valence electrons. The van der Waals surface area contributed by atoms with Crippen LogP contribution in [0, 0.1) is 0 Å². The van der Waals surface area contributed by atoms with Gasteiger partial charge >= 0.3 is 0 Å². The van der Waals surface area contributed by atoms with E-state index >= 15 is 0 Å². The molecule has 1 saturated heterocycles. The molecule has 0 atom stereocenters. The Labute approximate surface area is 43.4 Å². The lowest BCUT2D eigenvalue weighted by molar-refractivity contribution is 0.862. The third-order valence-electron chi connectivity index (χ3n) is 1.21. The van der Waals surface area contributed by atoms with Crippen LogP contribution in [0.15, 0.2) is 11.8 Å². The summed E-state index contributed by atoms with van der Waals surface area (Å²) in [4.78, 5) is 0. The van der Waals surface area contributed by atoms with E-state index in [1.54, 1.807) is 6.20 Å². The molecule has 3 N–H and O–H groups in total. The SMILES string of the molecule is N/C=C1\CCNC1. The first-order valence-electron chi connectivity index (χ1n) is 2.54. The molecular weight excluding hydrogens is 88.1 g/mol. The molecule has 1 aliphatic heterocycles. The predicted molar refractivity (Wildman–Crippen MR) is 29.8 cm³/mol. The van der Waals surface area contributed by atoms with E-state index in [0.29, 0.717) is 0 Å². The van der Waals surface area contributed by atoms with Crippen LogP contribution in [0.1, 0.15) is 6.42 Å². The lowest BCUT2D eigenvalue weighted by Gasteiger charge is -1.85. The van der Waals surface area contributed by atoms with Crippen molar-refractivity contribution in [1.29, 1.82) is 0 Å². The molecule has 0 bridgehead atoms. The monoisotopic (exact) mass is 98.1 g/mol. The Kier molecular flexibility index (Phi) is 1.32. The molecule has 1 heterocycles. The average molecular weight is 98.1 g/mol. The molecule has 0 aromatic heterocycles. The smallest absolute Gasteiger partial charge is 0.0182 e. The highest BCUT2D eigenvalue weighted by Crippen LogP contribution is 2.01. The fourth-order valence-corrected chi connectivity index (χ4v) is 0.729. The summed E-state index contributed by atoms with van der Waals surface area (Å²) in [6.07, 6.45) is 2.83. The van der Waals surface area contributed by atoms with Crippen LogP contribution in [0.2, 0.25) is 0 Å². The van der Waals surface area contributed by atoms with Gasteiger partial charge in [-0.2, -0.15) is 0 Å². The van der Waals surface area contributed by atoms with Gasteiger partial charge in [0.05, 0.1) is 0 Å². The molecule has 0 saturated carbocycles. The third kappa shape index (κ3) is 0.933. The first kappa shape index (κ1) is 4.65. The Bertz CT molecular complexity index is 78.1. The maximum atomic E-state index is 5.23. The molecule has 0 unspecified atom stereocenters. The third-order valence-corrected chi connectivity index (χ3v) is 1.21. The average Bonchev–Trinajstić information content (AvgIpc) is 2.14. The zero-order chi connectivity index (χ0) is 5.11. The Morgan fingerprint density at radius 3 is 2.86 bits per heavy atom. The molecule has 2 nitrogen and oxygen atoms in total. The minimum atomic E-state index is 0.997. The summed E-state index contributed by atoms with van der Waals surface area (Å²) < 4.78 is 0. The quantitative estimate of drug-likeness (QED) is 0.441. The van der Waals surface area contributed by atoms with Gasteiger partial charge < -0.3 is 11.1 Å². The highest BCUT2D eigenvalue weighted by atomic mass is 14.9. The molecule has 2 heteroatoms. The second kappa shape index (κ2) is 1.98. The fraction of sp³-hybridized carbons (Fsp3) is 0.600. The molecule has 0 amide bonds. The van der Waals surface area contributed by atoms with Crippen molar-refractivity contribution in [3.05, 3.63) is 11.8 Å². The first-order chi connectivity index (χ1) is 3.43. The van der Waals surface area contributed by atoms with Gasteiger partial charge in [-0.25, -0.2) is 0 Å². The lowest BCUT2D eigenvalue weighted by Crippen LogP contribution is -2.04. The van der Waals surface area contributed by atoms with E-state index in [0.717, 1.165) is 19.5 Å². The molecule has 0 aromatic rings. The van der Waals surface area contributed by atoms with Crippen LogP contribution in [0.5, 0.6) is 0 Å². The van der Waals surface area contributed by atoms with Crippen LogP contribution >= 0.6 is 0 Å². The van der Waals surface area contributed by atoms with Crippen molar-refractivity contribution in [3.63, 3.8) is 0 Å². The van der Waals surface area contributed by atoms with Gasteiger partial charge in [-0.05, 0) is 24.7 Å².